The fraction of sp³-hybridized carbons (Fsp3) is 0.321. The highest BCUT2D eigenvalue weighted by molar-refractivity contribution is 7.91. The molecule has 0 saturated carbocycles. The molecule has 1 heterocycles. The number of sulfone groups is 1. The molecule has 3 aromatic carbocycles. The van der Waals surface area contributed by atoms with E-state index in [1.54, 1.807) is 4.90 Å². The molecule has 0 aliphatic carbocycles. The van der Waals surface area contributed by atoms with Crippen LogP contribution in [-0.4, -0.2) is 52.2 Å². The highest BCUT2D eigenvalue weighted by Crippen LogP contribution is 2.37. The summed E-state index contributed by atoms with van der Waals surface area (Å²) in [6, 6.07) is 16.2. The number of benzene rings is 3. The number of anilines is 1. The largest absolute Gasteiger partial charge is 0.449 e. The number of hydrogen-bond donors (Lipinski definition) is 0. The second-order valence-electron chi connectivity index (χ2n) is 9.40. The zero-order valence-electron chi connectivity index (χ0n) is 21.1. The van der Waals surface area contributed by atoms with Gasteiger partial charge in [0.1, 0.15) is 11.6 Å². The highest BCUT2D eigenvalue weighted by atomic mass is 35.5. The molecule has 0 N–H and O–H groups in total. The molecule has 3 aromatic rings. The van der Waals surface area contributed by atoms with Gasteiger partial charge in [0, 0.05) is 48.4 Å². The van der Waals surface area contributed by atoms with Gasteiger partial charge < -0.3 is 14.5 Å². The van der Waals surface area contributed by atoms with Crippen LogP contribution in [0.4, 0.5) is 19.3 Å². The summed E-state index contributed by atoms with van der Waals surface area (Å²) in [4.78, 5) is 16.5. The minimum absolute atomic E-state index is 0.0962. The van der Waals surface area contributed by atoms with Gasteiger partial charge in [-0.15, -0.1) is 0 Å². The van der Waals surface area contributed by atoms with E-state index in [-0.39, 0.29) is 17.1 Å². The van der Waals surface area contributed by atoms with Crippen molar-refractivity contribution in [3.05, 3.63) is 94.5 Å². The number of rotatable bonds is 7. The molecule has 1 aliphatic rings. The Morgan fingerprint density at radius 3 is 2.32 bits per heavy atom. The Hall–Kier alpha value is -3.17. The quantitative estimate of drug-likeness (QED) is 0.351. The lowest BCUT2D eigenvalue weighted by Gasteiger charge is -2.36. The van der Waals surface area contributed by atoms with E-state index in [0.717, 1.165) is 29.4 Å². The number of aryl methyl sites for hydroxylation is 1. The van der Waals surface area contributed by atoms with Crippen LogP contribution in [0.5, 0.6) is 0 Å². The maximum atomic E-state index is 14.8. The van der Waals surface area contributed by atoms with Gasteiger partial charge in [-0.05, 0) is 61.0 Å². The molecular weight excluding hydrogens is 534 g/mol. The second-order valence-corrected chi connectivity index (χ2v) is 11.9. The van der Waals surface area contributed by atoms with Crippen molar-refractivity contribution in [2.75, 3.05) is 37.7 Å². The summed E-state index contributed by atoms with van der Waals surface area (Å²) in [6.45, 7) is 5.39. The Balaban J connectivity index is 1.48. The summed E-state index contributed by atoms with van der Waals surface area (Å²) < 4.78 is 61.6. The third kappa shape index (κ3) is 6.10. The monoisotopic (exact) mass is 562 g/mol. The summed E-state index contributed by atoms with van der Waals surface area (Å²) in [7, 11) is -4.20. The van der Waals surface area contributed by atoms with E-state index in [9.17, 15) is 22.0 Å². The van der Waals surface area contributed by atoms with E-state index in [2.05, 4.69) is 4.90 Å². The SMILES string of the molecule is Cc1ccccc1N1CCN(C(=O)OCC(C)C(c2cc(F)ccc2F)S(=O)(=O)c2ccc(Cl)cc2)CC1. The molecule has 2 atom stereocenters. The Morgan fingerprint density at radius 1 is 1.00 bits per heavy atom. The Labute approximate surface area is 226 Å². The summed E-state index contributed by atoms with van der Waals surface area (Å²) in [5.74, 6) is -2.52. The first-order valence-electron chi connectivity index (χ1n) is 12.2. The average molecular weight is 563 g/mol. The van der Waals surface area contributed by atoms with Crippen molar-refractivity contribution in [3.8, 4) is 0 Å². The number of ether oxygens (including phenoxy) is 1. The fourth-order valence-corrected chi connectivity index (χ4v) is 6.85. The third-order valence-corrected chi connectivity index (χ3v) is 9.29. The first-order valence-corrected chi connectivity index (χ1v) is 14.2. The van der Waals surface area contributed by atoms with E-state index in [1.807, 2.05) is 31.2 Å². The average Bonchev–Trinajstić information content (AvgIpc) is 2.90. The van der Waals surface area contributed by atoms with E-state index in [0.29, 0.717) is 31.2 Å². The van der Waals surface area contributed by atoms with Crippen molar-refractivity contribution >= 4 is 33.2 Å². The molecule has 2 unspecified atom stereocenters. The lowest BCUT2D eigenvalue weighted by molar-refractivity contribution is 0.0869. The summed E-state index contributed by atoms with van der Waals surface area (Å²) >= 11 is 5.91. The molecule has 0 bridgehead atoms. The van der Waals surface area contributed by atoms with Crippen molar-refractivity contribution in [3.63, 3.8) is 0 Å². The van der Waals surface area contributed by atoms with Crippen molar-refractivity contribution in [1.29, 1.82) is 0 Å². The molecule has 0 spiro atoms. The minimum Gasteiger partial charge on any atom is -0.449 e. The first kappa shape index (κ1) is 27.9. The summed E-state index contributed by atoms with van der Waals surface area (Å²) in [6.07, 6.45) is -0.580. The van der Waals surface area contributed by atoms with E-state index in [1.165, 1.54) is 31.2 Å². The number of carbonyl (C=O) groups is 1. The molecule has 4 rings (SSSR count). The second kappa shape index (κ2) is 11.7. The topological polar surface area (TPSA) is 66.9 Å². The number of hydrogen-bond acceptors (Lipinski definition) is 5. The summed E-state index contributed by atoms with van der Waals surface area (Å²) in [5, 5.41) is -1.16. The van der Waals surface area contributed by atoms with Crippen molar-refractivity contribution in [2.45, 2.75) is 24.0 Å². The Bertz CT molecular complexity index is 1390. The fourth-order valence-electron chi connectivity index (χ4n) is 4.71. The molecule has 38 heavy (non-hydrogen) atoms. The molecule has 202 valence electrons. The minimum atomic E-state index is -4.20. The molecule has 10 heteroatoms. The van der Waals surface area contributed by atoms with Gasteiger partial charge in [-0.2, -0.15) is 0 Å². The predicted molar refractivity (Wildman–Crippen MR) is 143 cm³/mol. The zero-order valence-corrected chi connectivity index (χ0v) is 22.7. The summed E-state index contributed by atoms with van der Waals surface area (Å²) in [5.41, 5.74) is 1.94. The lowest BCUT2D eigenvalue weighted by Crippen LogP contribution is -2.49. The van der Waals surface area contributed by atoms with Crippen molar-refractivity contribution in [1.82, 2.24) is 4.90 Å². The van der Waals surface area contributed by atoms with Gasteiger partial charge in [0.2, 0.25) is 0 Å². The zero-order chi connectivity index (χ0) is 27.4. The van der Waals surface area contributed by atoms with Crippen molar-refractivity contribution in [2.24, 2.45) is 5.92 Å². The number of nitrogens with zero attached hydrogens (tertiary/aromatic N) is 2. The number of para-hydroxylation sites is 1. The van der Waals surface area contributed by atoms with E-state index < -0.39 is 38.7 Å². The number of piperazine rings is 1. The molecule has 1 saturated heterocycles. The molecule has 1 aliphatic heterocycles. The normalized spacial score (nSPS) is 15.7. The van der Waals surface area contributed by atoms with Crippen LogP contribution in [0.2, 0.25) is 5.02 Å². The highest BCUT2D eigenvalue weighted by Gasteiger charge is 2.37. The van der Waals surface area contributed by atoms with Crippen LogP contribution in [0, 0.1) is 24.5 Å². The van der Waals surface area contributed by atoms with Crippen LogP contribution in [0.15, 0.2) is 71.6 Å². The van der Waals surface area contributed by atoms with Crippen LogP contribution < -0.4 is 4.90 Å². The van der Waals surface area contributed by atoms with Crippen LogP contribution in [0.25, 0.3) is 0 Å². The molecule has 1 amide bonds. The predicted octanol–water partition coefficient (Wildman–Crippen LogP) is 6.04. The van der Waals surface area contributed by atoms with Gasteiger partial charge in [0.05, 0.1) is 16.8 Å². The van der Waals surface area contributed by atoms with E-state index in [4.69, 9.17) is 16.3 Å². The maximum Gasteiger partial charge on any atom is 0.409 e. The number of amides is 1. The molecule has 1 fully saturated rings. The Kier molecular flexibility index (Phi) is 8.57. The van der Waals surface area contributed by atoms with Crippen LogP contribution in [0.1, 0.15) is 23.3 Å². The molecule has 0 aromatic heterocycles. The number of carbonyl (C=O) groups excluding carboxylic acids is 1. The number of halogens is 3. The van der Waals surface area contributed by atoms with Crippen LogP contribution in [0.3, 0.4) is 0 Å². The van der Waals surface area contributed by atoms with Crippen LogP contribution >= 0.6 is 11.6 Å². The van der Waals surface area contributed by atoms with Gasteiger partial charge in [-0.25, -0.2) is 22.0 Å². The van der Waals surface area contributed by atoms with Gasteiger partial charge >= 0.3 is 6.09 Å². The lowest BCUT2D eigenvalue weighted by atomic mass is 10.0. The van der Waals surface area contributed by atoms with Crippen LogP contribution in [-0.2, 0) is 14.6 Å². The molecule has 6 nitrogen and oxygen atoms in total. The first-order chi connectivity index (χ1) is 18.1. The van der Waals surface area contributed by atoms with Gasteiger partial charge in [0.25, 0.3) is 0 Å². The maximum absolute atomic E-state index is 14.8. The molecule has 0 radical (unpaired) electrons. The van der Waals surface area contributed by atoms with Gasteiger partial charge in [-0.3, -0.25) is 0 Å². The van der Waals surface area contributed by atoms with Gasteiger partial charge in [0.15, 0.2) is 9.84 Å². The molecular formula is C28H29ClF2N2O4S. The third-order valence-electron chi connectivity index (χ3n) is 6.72. The standard InChI is InChI=1S/C28H29ClF2N2O4S/c1-19-5-3-4-6-26(19)32-13-15-33(16-14-32)28(34)37-18-20(2)27(24-17-22(30)9-12-25(24)31)38(35,36)23-10-7-21(29)8-11-23/h3-12,17,20,27H,13-16,18H2,1-2H3. The van der Waals surface area contributed by atoms with E-state index >= 15 is 0 Å². The Morgan fingerprint density at radius 2 is 1.66 bits per heavy atom. The van der Waals surface area contributed by atoms with Crippen molar-refractivity contribution < 1.29 is 26.7 Å². The van der Waals surface area contributed by atoms with Gasteiger partial charge in [-0.1, -0.05) is 36.7 Å². The smallest absolute Gasteiger partial charge is 0.409 e.